The average molecular weight is 531 g/mol. The summed E-state index contributed by atoms with van der Waals surface area (Å²) in [5.41, 5.74) is 4.11. The minimum atomic E-state index is -0.572. The van der Waals surface area contributed by atoms with Crippen LogP contribution in [0.4, 0.5) is 5.69 Å². The Labute approximate surface area is 228 Å². The van der Waals surface area contributed by atoms with Crippen LogP contribution in [0.2, 0.25) is 0 Å². The van der Waals surface area contributed by atoms with Crippen LogP contribution in [0.1, 0.15) is 24.8 Å². The Balaban J connectivity index is 1.06. The Kier molecular flexibility index (Phi) is 7.78. The summed E-state index contributed by atoms with van der Waals surface area (Å²) in [6.07, 6.45) is 0.966. The molecule has 0 unspecified atom stereocenters. The van der Waals surface area contributed by atoms with Gasteiger partial charge in [0.1, 0.15) is 0 Å². The molecule has 0 bridgehead atoms. The molecule has 8 nitrogen and oxygen atoms in total. The lowest BCUT2D eigenvalue weighted by Crippen LogP contribution is -2.55. The minimum Gasteiger partial charge on any atom is -0.454 e. The van der Waals surface area contributed by atoms with E-state index >= 15 is 0 Å². The van der Waals surface area contributed by atoms with E-state index in [1.165, 1.54) is 0 Å². The number of nitrogens with zero attached hydrogens (tertiary/aromatic N) is 1. The number of anilines is 1. The largest absolute Gasteiger partial charge is 0.454 e. The lowest BCUT2D eigenvalue weighted by molar-refractivity contribution is -0.156. The SMILES string of the molecule is O=C(C[C@@H]1CC[C@H]2[C@@H](COC[C@@H](O)CN2Cc2ccc3c(c2)OCO3)O1)Nc1ccc(-c2ccccc2)cc1. The Morgan fingerprint density at radius 3 is 2.56 bits per heavy atom. The third kappa shape index (κ3) is 6.25. The number of hydrogen-bond donors (Lipinski definition) is 2. The smallest absolute Gasteiger partial charge is 0.231 e. The predicted octanol–water partition coefficient (Wildman–Crippen LogP) is 4.22. The van der Waals surface area contributed by atoms with Crippen LogP contribution in [0.3, 0.4) is 0 Å². The standard InChI is InChI=1S/C31H34N2O6/c34-25-17-33(16-21-6-13-28-29(14-21)38-20-37-28)27-12-11-26(39-30(27)19-36-18-25)15-31(35)32-24-9-7-23(8-10-24)22-4-2-1-3-5-22/h1-10,13-14,25-27,30,34H,11-12,15-20H2,(H,32,35)/t25-,26-,27-,30+/m0/s1. The summed E-state index contributed by atoms with van der Waals surface area (Å²) < 4.78 is 23.2. The fourth-order valence-corrected chi connectivity index (χ4v) is 5.70. The van der Waals surface area contributed by atoms with Crippen molar-refractivity contribution < 1.29 is 28.8 Å². The number of aliphatic hydroxyl groups is 1. The molecule has 0 aromatic heterocycles. The van der Waals surface area contributed by atoms with Crippen LogP contribution in [0.5, 0.6) is 11.5 Å². The normalized spacial score (nSPS) is 24.8. The fourth-order valence-electron chi connectivity index (χ4n) is 5.70. The number of carbonyl (C=O) groups excluding carboxylic acids is 1. The Morgan fingerprint density at radius 2 is 1.72 bits per heavy atom. The van der Waals surface area contributed by atoms with Crippen molar-refractivity contribution in [3.05, 3.63) is 78.4 Å². The number of carbonyl (C=O) groups is 1. The van der Waals surface area contributed by atoms with Crippen molar-refractivity contribution in [3.63, 3.8) is 0 Å². The van der Waals surface area contributed by atoms with Crippen LogP contribution in [0.25, 0.3) is 11.1 Å². The van der Waals surface area contributed by atoms with Crippen molar-refractivity contribution in [2.75, 3.05) is 31.9 Å². The average Bonchev–Trinajstić information content (AvgIpc) is 3.41. The highest BCUT2D eigenvalue weighted by molar-refractivity contribution is 5.91. The van der Waals surface area contributed by atoms with Crippen molar-refractivity contribution >= 4 is 11.6 Å². The highest BCUT2D eigenvalue weighted by atomic mass is 16.7. The molecule has 3 aromatic carbocycles. The molecule has 0 radical (unpaired) electrons. The molecule has 6 rings (SSSR count). The summed E-state index contributed by atoms with van der Waals surface area (Å²) in [6.45, 7) is 2.03. The maximum Gasteiger partial charge on any atom is 0.231 e. The first-order valence-electron chi connectivity index (χ1n) is 13.6. The van der Waals surface area contributed by atoms with E-state index in [1.54, 1.807) is 0 Å². The molecular formula is C31H34N2O6. The number of fused-ring (bicyclic) bond motifs is 2. The van der Waals surface area contributed by atoms with Gasteiger partial charge in [0.05, 0.1) is 37.9 Å². The maximum absolute atomic E-state index is 12.9. The van der Waals surface area contributed by atoms with Crippen LogP contribution >= 0.6 is 0 Å². The van der Waals surface area contributed by atoms with Crippen LogP contribution in [0, 0.1) is 0 Å². The van der Waals surface area contributed by atoms with Gasteiger partial charge in [0, 0.05) is 24.8 Å². The molecule has 0 aliphatic carbocycles. The molecule has 39 heavy (non-hydrogen) atoms. The molecule has 0 spiro atoms. The number of nitrogens with one attached hydrogen (secondary N) is 1. The van der Waals surface area contributed by atoms with E-state index in [-0.39, 0.29) is 44.0 Å². The molecule has 4 atom stereocenters. The van der Waals surface area contributed by atoms with Crippen LogP contribution in [-0.4, -0.2) is 66.8 Å². The number of benzene rings is 3. The number of ether oxygens (including phenoxy) is 4. The molecule has 1 amide bonds. The zero-order chi connectivity index (χ0) is 26.6. The quantitative estimate of drug-likeness (QED) is 0.493. The number of rotatable bonds is 6. The molecule has 3 aliphatic heterocycles. The molecule has 204 valence electrons. The van der Waals surface area contributed by atoms with Gasteiger partial charge in [0.2, 0.25) is 12.7 Å². The monoisotopic (exact) mass is 530 g/mol. The third-order valence-corrected chi connectivity index (χ3v) is 7.60. The van der Waals surface area contributed by atoms with E-state index in [0.29, 0.717) is 19.7 Å². The van der Waals surface area contributed by atoms with Gasteiger partial charge in [-0.25, -0.2) is 0 Å². The second kappa shape index (κ2) is 11.8. The summed E-state index contributed by atoms with van der Waals surface area (Å²) in [4.78, 5) is 15.1. The van der Waals surface area contributed by atoms with Gasteiger partial charge < -0.3 is 29.4 Å². The predicted molar refractivity (Wildman–Crippen MR) is 147 cm³/mol. The number of aliphatic hydroxyl groups excluding tert-OH is 1. The highest BCUT2D eigenvalue weighted by Gasteiger charge is 2.38. The second-order valence-corrected chi connectivity index (χ2v) is 10.4. The van der Waals surface area contributed by atoms with Crippen LogP contribution < -0.4 is 14.8 Å². The van der Waals surface area contributed by atoms with E-state index in [9.17, 15) is 9.90 Å². The van der Waals surface area contributed by atoms with Crippen molar-refractivity contribution in [2.24, 2.45) is 0 Å². The first-order valence-corrected chi connectivity index (χ1v) is 13.6. The summed E-state index contributed by atoms with van der Waals surface area (Å²) in [6, 6.07) is 24.1. The molecule has 8 heteroatoms. The van der Waals surface area contributed by atoms with E-state index in [4.69, 9.17) is 18.9 Å². The minimum absolute atomic E-state index is 0.0645. The molecule has 3 aromatic rings. The van der Waals surface area contributed by atoms with E-state index in [1.807, 2.05) is 60.7 Å². The zero-order valence-electron chi connectivity index (χ0n) is 21.8. The first kappa shape index (κ1) is 25.8. The van der Waals surface area contributed by atoms with E-state index in [0.717, 1.165) is 46.7 Å². The summed E-state index contributed by atoms with van der Waals surface area (Å²) in [5.74, 6) is 1.44. The summed E-state index contributed by atoms with van der Waals surface area (Å²) >= 11 is 0. The Bertz CT molecular complexity index is 1270. The van der Waals surface area contributed by atoms with Gasteiger partial charge in [0.15, 0.2) is 11.5 Å². The number of β-amino-alcohol motifs (C(OH)–C–C–N with tert-alkyl or cyclic N) is 1. The van der Waals surface area contributed by atoms with Gasteiger partial charge in [-0.15, -0.1) is 0 Å². The van der Waals surface area contributed by atoms with Gasteiger partial charge >= 0.3 is 0 Å². The molecule has 3 aliphatic rings. The fraction of sp³-hybridized carbons (Fsp3) is 0.387. The second-order valence-electron chi connectivity index (χ2n) is 10.4. The van der Waals surface area contributed by atoms with Crippen molar-refractivity contribution in [2.45, 2.75) is 50.2 Å². The molecular weight excluding hydrogens is 496 g/mol. The van der Waals surface area contributed by atoms with Gasteiger partial charge in [-0.3, -0.25) is 9.69 Å². The maximum atomic E-state index is 12.9. The molecule has 3 heterocycles. The molecule has 2 N–H and O–H groups in total. The van der Waals surface area contributed by atoms with Gasteiger partial charge in [-0.1, -0.05) is 48.5 Å². The van der Waals surface area contributed by atoms with Gasteiger partial charge in [0.25, 0.3) is 0 Å². The molecule has 0 saturated carbocycles. The Hall–Kier alpha value is -3.43. The lowest BCUT2D eigenvalue weighted by atomic mass is 9.94. The van der Waals surface area contributed by atoms with Gasteiger partial charge in [-0.05, 0) is 53.8 Å². The van der Waals surface area contributed by atoms with Crippen LogP contribution in [-0.2, 0) is 20.8 Å². The topological polar surface area (TPSA) is 89.5 Å². The van der Waals surface area contributed by atoms with Crippen molar-refractivity contribution in [3.8, 4) is 22.6 Å². The van der Waals surface area contributed by atoms with Crippen molar-refractivity contribution in [1.82, 2.24) is 4.90 Å². The van der Waals surface area contributed by atoms with E-state index < -0.39 is 6.10 Å². The number of hydrogen-bond acceptors (Lipinski definition) is 7. The molecule has 2 fully saturated rings. The number of amides is 1. The first-order chi connectivity index (χ1) is 19.1. The van der Waals surface area contributed by atoms with Gasteiger partial charge in [-0.2, -0.15) is 0 Å². The summed E-state index contributed by atoms with van der Waals surface area (Å²) in [7, 11) is 0. The van der Waals surface area contributed by atoms with Crippen molar-refractivity contribution in [1.29, 1.82) is 0 Å². The highest BCUT2D eigenvalue weighted by Crippen LogP contribution is 2.34. The Morgan fingerprint density at radius 1 is 0.923 bits per heavy atom. The third-order valence-electron chi connectivity index (χ3n) is 7.60. The molecule has 2 saturated heterocycles. The van der Waals surface area contributed by atoms with Crippen LogP contribution in [0.15, 0.2) is 72.8 Å². The van der Waals surface area contributed by atoms with E-state index in [2.05, 4.69) is 22.3 Å². The summed E-state index contributed by atoms with van der Waals surface area (Å²) in [5, 5.41) is 13.5. The zero-order valence-corrected chi connectivity index (χ0v) is 21.8. The lowest BCUT2D eigenvalue weighted by Gasteiger charge is -2.44.